The number of benzene rings is 1. The molecule has 1 fully saturated rings. The SMILES string of the molecule is CCC1CCCN(CC(O)c2cccc(N)c2)C1. The molecule has 3 N–H and O–H groups in total. The molecule has 3 heteroatoms. The van der Waals surface area contributed by atoms with Gasteiger partial charge in [-0.05, 0) is 43.0 Å². The molecular formula is C15H24N2O. The topological polar surface area (TPSA) is 49.5 Å². The molecule has 1 aromatic rings. The van der Waals surface area contributed by atoms with E-state index in [-0.39, 0.29) is 0 Å². The normalized spacial score (nSPS) is 22.9. The Morgan fingerprint density at radius 3 is 3.06 bits per heavy atom. The van der Waals surface area contributed by atoms with E-state index >= 15 is 0 Å². The Morgan fingerprint density at radius 1 is 1.50 bits per heavy atom. The predicted molar refractivity (Wildman–Crippen MR) is 75.3 cm³/mol. The van der Waals surface area contributed by atoms with Crippen LogP contribution in [0.3, 0.4) is 0 Å². The summed E-state index contributed by atoms with van der Waals surface area (Å²) in [6.07, 6.45) is 3.40. The van der Waals surface area contributed by atoms with Crippen molar-refractivity contribution in [3.8, 4) is 0 Å². The number of anilines is 1. The van der Waals surface area contributed by atoms with Crippen LogP contribution in [0.15, 0.2) is 24.3 Å². The van der Waals surface area contributed by atoms with E-state index in [1.807, 2.05) is 24.3 Å². The molecule has 100 valence electrons. The minimum absolute atomic E-state index is 0.427. The fraction of sp³-hybridized carbons (Fsp3) is 0.600. The molecule has 0 bridgehead atoms. The maximum atomic E-state index is 10.3. The van der Waals surface area contributed by atoms with E-state index in [9.17, 15) is 5.11 Å². The maximum absolute atomic E-state index is 10.3. The first-order chi connectivity index (χ1) is 8.69. The van der Waals surface area contributed by atoms with Gasteiger partial charge in [0, 0.05) is 18.8 Å². The molecule has 0 aliphatic carbocycles. The second-order valence-corrected chi connectivity index (χ2v) is 5.36. The predicted octanol–water partition coefficient (Wildman–Crippen LogP) is 2.42. The zero-order chi connectivity index (χ0) is 13.0. The zero-order valence-electron chi connectivity index (χ0n) is 11.2. The molecule has 3 nitrogen and oxygen atoms in total. The van der Waals surface area contributed by atoms with Crippen molar-refractivity contribution >= 4 is 5.69 Å². The smallest absolute Gasteiger partial charge is 0.0917 e. The molecule has 2 unspecified atom stereocenters. The summed E-state index contributed by atoms with van der Waals surface area (Å²) >= 11 is 0. The molecule has 18 heavy (non-hydrogen) atoms. The van der Waals surface area contributed by atoms with Gasteiger partial charge in [-0.2, -0.15) is 0 Å². The van der Waals surface area contributed by atoms with Crippen molar-refractivity contribution in [3.63, 3.8) is 0 Å². The number of hydrogen-bond acceptors (Lipinski definition) is 3. The van der Waals surface area contributed by atoms with Crippen LogP contribution in [0.4, 0.5) is 5.69 Å². The summed E-state index contributed by atoms with van der Waals surface area (Å²) in [5.41, 5.74) is 7.39. The van der Waals surface area contributed by atoms with Crippen LogP contribution >= 0.6 is 0 Å². The van der Waals surface area contributed by atoms with Gasteiger partial charge in [-0.1, -0.05) is 25.5 Å². The third-order valence-corrected chi connectivity index (χ3v) is 3.91. The molecule has 0 saturated carbocycles. The molecule has 1 saturated heterocycles. The second kappa shape index (κ2) is 6.21. The largest absolute Gasteiger partial charge is 0.399 e. The van der Waals surface area contributed by atoms with E-state index in [0.717, 1.165) is 36.8 Å². The molecule has 1 aliphatic rings. The van der Waals surface area contributed by atoms with E-state index in [4.69, 9.17) is 5.73 Å². The zero-order valence-corrected chi connectivity index (χ0v) is 11.2. The van der Waals surface area contributed by atoms with Crippen molar-refractivity contribution in [1.82, 2.24) is 4.90 Å². The highest BCUT2D eigenvalue weighted by molar-refractivity contribution is 5.41. The number of piperidine rings is 1. The Labute approximate surface area is 110 Å². The molecule has 1 aromatic carbocycles. The van der Waals surface area contributed by atoms with Crippen molar-refractivity contribution in [3.05, 3.63) is 29.8 Å². The summed E-state index contributed by atoms with van der Waals surface area (Å²) in [5, 5.41) is 10.3. The van der Waals surface area contributed by atoms with Gasteiger partial charge in [0.15, 0.2) is 0 Å². The molecule has 0 aromatic heterocycles. The molecule has 2 rings (SSSR count). The van der Waals surface area contributed by atoms with E-state index in [2.05, 4.69) is 11.8 Å². The highest BCUT2D eigenvalue weighted by Crippen LogP contribution is 2.22. The number of likely N-dealkylation sites (tertiary alicyclic amines) is 1. The van der Waals surface area contributed by atoms with Gasteiger partial charge in [-0.15, -0.1) is 0 Å². The van der Waals surface area contributed by atoms with E-state index in [1.54, 1.807) is 0 Å². The van der Waals surface area contributed by atoms with Crippen LogP contribution in [-0.4, -0.2) is 29.6 Å². The van der Waals surface area contributed by atoms with Crippen LogP contribution in [0, 0.1) is 5.92 Å². The Morgan fingerprint density at radius 2 is 2.33 bits per heavy atom. The van der Waals surface area contributed by atoms with Crippen LogP contribution in [-0.2, 0) is 0 Å². The summed E-state index contributed by atoms with van der Waals surface area (Å²) in [6.45, 7) is 5.20. The molecular weight excluding hydrogens is 224 g/mol. The quantitative estimate of drug-likeness (QED) is 0.805. The first-order valence-electron chi connectivity index (χ1n) is 6.95. The summed E-state index contributed by atoms with van der Waals surface area (Å²) < 4.78 is 0. The van der Waals surface area contributed by atoms with Crippen LogP contribution in [0.1, 0.15) is 37.9 Å². The lowest BCUT2D eigenvalue weighted by Gasteiger charge is -2.33. The van der Waals surface area contributed by atoms with Crippen molar-refractivity contribution in [2.45, 2.75) is 32.3 Å². The highest BCUT2D eigenvalue weighted by atomic mass is 16.3. The summed E-state index contributed by atoms with van der Waals surface area (Å²) in [5.74, 6) is 0.798. The maximum Gasteiger partial charge on any atom is 0.0917 e. The first-order valence-corrected chi connectivity index (χ1v) is 6.95. The number of nitrogen functional groups attached to an aromatic ring is 1. The van der Waals surface area contributed by atoms with Crippen molar-refractivity contribution in [2.24, 2.45) is 5.92 Å². The van der Waals surface area contributed by atoms with Gasteiger partial charge in [-0.25, -0.2) is 0 Å². The lowest BCUT2D eigenvalue weighted by molar-refractivity contribution is 0.0836. The van der Waals surface area contributed by atoms with Crippen molar-refractivity contribution < 1.29 is 5.11 Å². The van der Waals surface area contributed by atoms with E-state index < -0.39 is 6.10 Å². The average Bonchev–Trinajstić information content (AvgIpc) is 2.39. The fourth-order valence-electron chi connectivity index (χ4n) is 2.77. The molecule has 1 heterocycles. The summed E-state index contributed by atoms with van der Waals surface area (Å²) in [4.78, 5) is 2.38. The Bertz CT molecular complexity index is 381. The van der Waals surface area contributed by atoms with Gasteiger partial charge >= 0.3 is 0 Å². The van der Waals surface area contributed by atoms with Gasteiger partial charge in [-0.3, -0.25) is 0 Å². The number of aliphatic hydroxyl groups is 1. The van der Waals surface area contributed by atoms with Gasteiger partial charge in [0.25, 0.3) is 0 Å². The molecule has 0 radical (unpaired) electrons. The van der Waals surface area contributed by atoms with Crippen molar-refractivity contribution in [2.75, 3.05) is 25.4 Å². The van der Waals surface area contributed by atoms with E-state index in [1.165, 1.54) is 19.3 Å². The van der Waals surface area contributed by atoms with Crippen LogP contribution < -0.4 is 5.73 Å². The Balaban J connectivity index is 1.92. The Hall–Kier alpha value is -1.06. The molecule has 2 atom stereocenters. The minimum Gasteiger partial charge on any atom is -0.399 e. The molecule has 0 spiro atoms. The molecule has 1 aliphatic heterocycles. The third kappa shape index (κ3) is 3.47. The van der Waals surface area contributed by atoms with Crippen LogP contribution in [0.5, 0.6) is 0 Å². The van der Waals surface area contributed by atoms with Crippen molar-refractivity contribution in [1.29, 1.82) is 0 Å². The average molecular weight is 248 g/mol. The number of nitrogens with zero attached hydrogens (tertiary/aromatic N) is 1. The monoisotopic (exact) mass is 248 g/mol. The number of β-amino-alcohol motifs (C(OH)–C–C–N with tert-alkyl or cyclic N) is 1. The Kier molecular flexibility index (Phi) is 4.61. The number of rotatable bonds is 4. The van der Waals surface area contributed by atoms with Gasteiger partial charge < -0.3 is 15.7 Å². The molecule has 0 amide bonds. The summed E-state index contributed by atoms with van der Waals surface area (Å²) in [7, 11) is 0. The first kappa shape index (κ1) is 13.4. The summed E-state index contributed by atoms with van der Waals surface area (Å²) in [6, 6.07) is 7.57. The van der Waals surface area contributed by atoms with E-state index in [0.29, 0.717) is 0 Å². The second-order valence-electron chi connectivity index (χ2n) is 5.36. The standard InChI is InChI=1S/C15H24N2O/c1-2-12-5-4-8-17(10-12)11-15(18)13-6-3-7-14(16)9-13/h3,6-7,9,12,15,18H,2,4-5,8,10-11,16H2,1H3. The lowest BCUT2D eigenvalue weighted by Crippen LogP contribution is -2.37. The highest BCUT2D eigenvalue weighted by Gasteiger charge is 2.21. The fourth-order valence-corrected chi connectivity index (χ4v) is 2.77. The number of aliphatic hydroxyl groups excluding tert-OH is 1. The van der Waals surface area contributed by atoms with Crippen LogP contribution in [0.25, 0.3) is 0 Å². The number of nitrogens with two attached hydrogens (primary N) is 1. The van der Waals surface area contributed by atoms with Gasteiger partial charge in [0.2, 0.25) is 0 Å². The van der Waals surface area contributed by atoms with Gasteiger partial charge in [0.05, 0.1) is 6.10 Å². The minimum atomic E-state index is -0.427. The lowest BCUT2D eigenvalue weighted by atomic mass is 9.95. The third-order valence-electron chi connectivity index (χ3n) is 3.91. The number of hydrogen-bond donors (Lipinski definition) is 2. The van der Waals surface area contributed by atoms with Gasteiger partial charge in [0.1, 0.15) is 0 Å². The van der Waals surface area contributed by atoms with Crippen LogP contribution in [0.2, 0.25) is 0 Å².